The Labute approximate surface area is 91.5 Å². The summed E-state index contributed by atoms with van der Waals surface area (Å²) in [5.74, 6) is -0.345. The van der Waals surface area contributed by atoms with E-state index < -0.39 is 0 Å². The molecule has 0 atom stereocenters. The summed E-state index contributed by atoms with van der Waals surface area (Å²) >= 11 is 9.40. The fourth-order valence-corrected chi connectivity index (χ4v) is 3.02. The highest BCUT2D eigenvalue weighted by Gasteiger charge is 2.04. The first-order valence-electron chi connectivity index (χ1n) is 3.21. The molecule has 2 rings (SSSR count). The van der Waals surface area contributed by atoms with E-state index in [1.165, 1.54) is 6.07 Å². The molecule has 0 aliphatic heterocycles. The lowest BCUT2D eigenvalue weighted by Crippen LogP contribution is -1.73. The van der Waals surface area contributed by atoms with Crippen LogP contribution in [0.5, 0.6) is 0 Å². The molecular weight excluding hydrogens is 310 g/mol. The van der Waals surface area contributed by atoms with Crippen LogP contribution in [0.15, 0.2) is 18.2 Å². The van der Waals surface area contributed by atoms with Crippen LogP contribution in [0, 0.1) is 8.70 Å². The Balaban J connectivity index is 2.83. The van der Waals surface area contributed by atoms with E-state index in [2.05, 4.69) is 22.6 Å². The van der Waals surface area contributed by atoms with Crippen LogP contribution >= 0.6 is 45.5 Å². The SMILES string of the molecule is Fc1cc2sc(I)cc2cc1Cl. The first-order valence-corrected chi connectivity index (χ1v) is 5.48. The summed E-state index contributed by atoms with van der Waals surface area (Å²) in [6.07, 6.45) is 0. The molecule has 4 heteroatoms. The van der Waals surface area contributed by atoms with Gasteiger partial charge in [-0.2, -0.15) is 0 Å². The van der Waals surface area contributed by atoms with E-state index in [1.54, 1.807) is 17.4 Å². The normalized spacial score (nSPS) is 10.9. The topological polar surface area (TPSA) is 0 Å². The number of rotatable bonds is 0. The average molecular weight is 313 g/mol. The predicted octanol–water partition coefficient (Wildman–Crippen LogP) is 4.30. The first kappa shape index (κ1) is 8.72. The summed E-state index contributed by atoms with van der Waals surface area (Å²) in [5.41, 5.74) is 0. The second kappa shape index (κ2) is 3.12. The van der Waals surface area contributed by atoms with Gasteiger partial charge in [-0.1, -0.05) is 11.6 Å². The lowest BCUT2D eigenvalue weighted by atomic mass is 10.2. The zero-order chi connectivity index (χ0) is 8.72. The molecule has 0 saturated heterocycles. The van der Waals surface area contributed by atoms with Crippen molar-refractivity contribution in [2.45, 2.75) is 0 Å². The van der Waals surface area contributed by atoms with E-state index in [0.29, 0.717) is 0 Å². The molecule has 1 heterocycles. The molecule has 0 saturated carbocycles. The van der Waals surface area contributed by atoms with Crippen LogP contribution in [-0.2, 0) is 0 Å². The fourth-order valence-electron chi connectivity index (χ4n) is 1.00. The molecule has 1 aromatic carbocycles. The molecule has 2 aromatic rings. The van der Waals surface area contributed by atoms with Crippen LogP contribution in [0.2, 0.25) is 5.02 Å². The highest BCUT2D eigenvalue weighted by Crippen LogP contribution is 2.30. The number of hydrogen-bond donors (Lipinski definition) is 0. The van der Waals surface area contributed by atoms with Crippen molar-refractivity contribution >= 4 is 55.6 Å². The van der Waals surface area contributed by atoms with Crippen molar-refractivity contribution in [2.24, 2.45) is 0 Å². The molecule has 0 aliphatic carbocycles. The van der Waals surface area contributed by atoms with Crippen LogP contribution in [0.4, 0.5) is 4.39 Å². The van der Waals surface area contributed by atoms with Crippen molar-refractivity contribution in [1.82, 2.24) is 0 Å². The molecule has 62 valence electrons. The third kappa shape index (κ3) is 1.45. The number of fused-ring (bicyclic) bond motifs is 1. The van der Waals surface area contributed by atoms with Gasteiger partial charge in [0.15, 0.2) is 0 Å². The minimum Gasteiger partial charge on any atom is -0.205 e. The smallest absolute Gasteiger partial charge is 0.143 e. The van der Waals surface area contributed by atoms with Crippen LogP contribution in [0.3, 0.4) is 0 Å². The minimum absolute atomic E-state index is 0.191. The number of halogens is 3. The number of benzene rings is 1. The predicted molar refractivity (Wildman–Crippen MR) is 59.5 cm³/mol. The lowest BCUT2D eigenvalue weighted by Gasteiger charge is -1.92. The molecule has 0 spiro atoms. The van der Waals surface area contributed by atoms with Crippen LogP contribution in [0.25, 0.3) is 10.1 Å². The van der Waals surface area contributed by atoms with Gasteiger partial charge in [-0.15, -0.1) is 11.3 Å². The van der Waals surface area contributed by atoms with Crippen molar-refractivity contribution in [2.75, 3.05) is 0 Å². The molecule has 0 N–H and O–H groups in total. The van der Waals surface area contributed by atoms with E-state index in [1.807, 2.05) is 6.07 Å². The van der Waals surface area contributed by atoms with E-state index in [-0.39, 0.29) is 10.8 Å². The lowest BCUT2D eigenvalue weighted by molar-refractivity contribution is 0.630. The zero-order valence-corrected chi connectivity index (χ0v) is 9.50. The molecule has 0 nitrogen and oxygen atoms in total. The summed E-state index contributed by atoms with van der Waals surface area (Å²) < 4.78 is 15.0. The molecule has 0 amide bonds. The van der Waals surface area contributed by atoms with Gasteiger partial charge in [-0.3, -0.25) is 0 Å². The summed E-state index contributed by atoms with van der Waals surface area (Å²) in [6, 6.07) is 5.13. The van der Waals surface area contributed by atoms with Gasteiger partial charge < -0.3 is 0 Å². The van der Waals surface area contributed by atoms with Crippen molar-refractivity contribution in [3.63, 3.8) is 0 Å². The highest BCUT2D eigenvalue weighted by atomic mass is 127. The van der Waals surface area contributed by atoms with Crippen LogP contribution < -0.4 is 0 Å². The van der Waals surface area contributed by atoms with Crippen molar-refractivity contribution < 1.29 is 4.39 Å². The third-order valence-electron chi connectivity index (χ3n) is 1.53. The summed E-state index contributed by atoms with van der Waals surface area (Å²) in [4.78, 5) is 0. The Morgan fingerprint density at radius 2 is 2.08 bits per heavy atom. The van der Waals surface area contributed by atoms with E-state index in [0.717, 1.165) is 13.0 Å². The van der Waals surface area contributed by atoms with Crippen LogP contribution in [-0.4, -0.2) is 0 Å². The number of hydrogen-bond acceptors (Lipinski definition) is 1. The van der Waals surface area contributed by atoms with E-state index in [9.17, 15) is 4.39 Å². The van der Waals surface area contributed by atoms with Gasteiger partial charge in [0, 0.05) is 4.70 Å². The second-order valence-corrected chi connectivity index (χ2v) is 5.74. The molecule has 12 heavy (non-hydrogen) atoms. The molecule has 1 aromatic heterocycles. The highest BCUT2D eigenvalue weighted by molar-refractivity contribution is 14.1. The van der Waals surface area contributed by atoms with Crippen molar-refractivity contribution in [3.8, 4) is 0 Å². The third-order valence-corrected chi connectivity index (χ3v) is 3.68. The fraction of sp³-hybridized carbons (Fsp3) is 0. The summed E-state index contributed by atoms with van der Waals surface area (Å²) in [7, 11) is 0. The minimum atomic E-state index is -0.345. The van der Waals surface area contributed by atoms with Gasteiger partial charge in [-0.05, 0) is 46.2 Å². The van der Waals surface area contributed by atoms with Crippen molar-refractivity contribution in [1.29, 1.82) is 0 Å². The Morgan fingerprint density at radius 3 is 2.83 bits per heavy atom. The maximum Gasteiger partial charge on any atom is 0.143 e. The maximum absolute atomic E-state index is 12.9. The summed E-state index contributed by atoms with van der Waals surface area (Å²) in [5, 5.41) is 1.20. The molecule has 0 fully saturated rings. The molecule has 0 unspecified atom stereocenters. The molecule has 0 aliphatic rings. The van der Waals surface area contributed by atoms with E-state index >= 15 is 0 Å². The zero-order valence-electron chi connectivity index (χ0n) is 5.77. The molecular formula is C8H3ClFIS. The monoisotopic (exact) mass is 312 g/mol. The molecule has 0 bridgehead atoms. The Kier molecular flexibility index (Phi) is 2.27. The van der Waals surface area contributed by atoms with Gasteiger partial charge in [0.25, 0.3) is 0 Å². The van der Waals surface area contributed by atoms with E-state index in [4.69, 9.17) is 11.6 Å². The quantitative estimate of drug-likeness (QED) is 0.636. The first-order chi connectivity index (χ1) is 5.66. The Hall–Kier alpha value is 0.130. The van der Waals surface area contributed by atoms with Crippen LogP contribution in [0.1, 0.15) is 0 Å². The van der Waals surface area contributed by atoms with Gasteiger partial charge in [-0.25, -0.2) is 4.39 Å². The van der Waals surface area contributed by atoms with Gasteiger partial charge in [0.05, 0.1) is 7.91 Å². The second-order valence-electron chi connectivity index (χ2n) is 2.35. The van der Waals surface area contributed by atoms with Gasteiger partial charge >= 0.3 is 0 Å². The Bertz CT molecular complexity index is 399. The van der Waals surface area contributed by atoms with Gasteiger partial charge in [0.2, 0.25) is 0 Å². The largest absolute Gasteiger partial charge is 0.205 e. The van der Waals surface area contributed by atoms with Crippen molar-refractivity contribution in [3.05, 3.63) is 31.9 Å². The summed E-state index contributed by atoms with van der Waals surface area (Å²) in [6.45, 7) is 0. The maximum atomic E-state index is 12.9. The van der Waals surface area contributed by atoms with Gasteiger partial charge in [0.1, 0.15) is 5.82 Å². The molecule has 0 radical (unpaired) electrons. The number of thiophene rings is 1. The average Bonchev–Trinajstić information content (AvgIpc) is 2.30. The Morgan fingerprint density at radius 1 is 1.33 bits per heavy atom. The standard InChI is InChI=1S/C8H3ClFIS/c9-5-1-4-2-8(11)12-7(4)3-6(5)10/h1-3H.